The number of carbonyl (C=O) groups is 4. The summed E-state index contributed by atoms with van der Waals surface area (Å²) >= 11 is 0. The molecule has 7 heteroatoms. The highest BCUT2D eigenvalue weighted by Crippen LogP contribution is 2.32. The van der Waals surface area contributed by atoms with Crippen LogP contribution in [-0.4, -0.2) is 47.3 Å². The van der Waals surface area contributed by atoms with Crippen LogP contribution in [0.15, 0.2) is 55.1 Å². The summed E-state index contributed by atoms with van der Waals surface area (Å²) in [6.07, 6.45) is 1.19. The molecule has 31 heavy (non-hydrogen) atoms. The molecule has 2 aromatic rings. The van der Waals surface area contributed by atoms with Crippen LogP contribution in [0.4, 0.5) is 5.69 Å². The van der Waals surface area contributed by atoms with Gasteiger partial charge in [0.25, 0.3) is 17.7 Å². The van der Waals surface area contributed by atoms with E-state index in [0.717, 1.165) is 22.6 Å². The Balaban J connectivity index is 1.51. The van der Waals surface area contributed by atoms with E-state index in [1.807, 2.05) is 31.2 Å². The number of anilines is 1. The summed E-state index contributed by atoms with van der Waals surface area (Å²) in [5.41, 5.74) is 2.38. The molecule has 4 rings (SSSR count). The lowest BCUT2D eigenvalue weighted by atomic mass is 10.1. The van der Waals surface area contributed by atoms with Gasteiger partial charge in [0.2, 0.25) is 0 Å². The average molecular weight is 418 g/mol. The fourth-order valence-corrected chi connectivity index (χ4v) is 4.09. The van der Waals surface area contributed by atoms with Gasteiger partial charge < -0.3 is 9.64 Å². The first-order valence-electron chi connectivity index (χ1n) is 10.1. The summed E-state index contributed by atoms with van der Waals surface area (Å²) < 4.78 is 5.41. The van der Waals surface area contributed by atoms with E-state index in [1.54, 1.807) is 4.90 Å². The van der Waals surface area contributed by atoms with Crippen molar-refractivity contribution in [3.8, 4) is 0 Å². The lowest BCUT2D eigenvalue weighted by Crippen LogP contribution is -2.43. The molecule has 7 nitrogen and oxygen atoms in total. The molecule has 2 heterocycles. The summed E-state index contributed by atoms with van der Waals surface area (Å²) in [6, 6.07) is 11.8. The number of ether oxygens (including phenoxy) is 1. The van der Waals surface area contributed by atoms with Crippen molar-refractivity contribution < 1.29 is 23.9 Å². The van der Waals surface area contributed by atoms with Crippen molar-refractivity contribution in [1.82, 2.24) is 4.90 Å². The standard InChI is InChI=1S/C24H22N2O5/c1-4-11-25-22(28)18-10-9-17(13-19(18)23(25)29)24(30)31-15(3)21(27)26-14(2)12-16-7-5-6-8-20(16)26/h4-10,13-15H,1,11-12H2,2-3H3/t14-,15+/m0/s1. The quantitative estimate of drug-likeness (QED) is 0.423. The molecule has 2 aliphatic heterocycles. The molecule has 0 aromatic heterocycles. The van der Waals surface area contributed by atoms with E-state index in [2.05, 4.69) is 6.58 Å². The Labute approximate surface area is 179 Å². The van der Waals surface area contributed by atoms with E-state index in [9.17, 15) is 19.2 Å². The first-order valence-corrected chi connectivity index (χ1v) is 10.1. The van der Waals surface area contributed by atoms with E-state index < -0.39 is 23.9 Å². The molecule has 0 spiro atoms. The predicted octanol–water partition coefficient (Wildman–Crippen LogP) is 2.99. The zero-order chi connectivity index (χ0) is 22.3. The highest BCUT2D eigenvalue weighted by Gasteiger charge is 2.37. The van der Waals surface area contributed by atoms with Crippen molar-refractivity contribution in [2.45, 2.75) is 32.4 Å². The van der Waals surface area contributed by atoms with E-state index in [0.29, 0.717) is 0 Å². The highest BCUT2D eigenvalue weighted by atomic mass is 16.5. The van der Waals surface area contributed by atoms with Crippen molar-refractivity contribution in [3.63, 3.8) is 0 Å². The molecule has 0 fully saturated rings. The van der Waals surface area contributed by atoms with Gasteiger partial charge in [-0.3, -0.25) is 19.3 Å². The number of imide groups is 1. The monoisotopic (exact) mass is 418 g/mol. The normalized spacial score (nSPS) is 17.9. The average Bonchev–Trinajstić information content (AvgIpc) is 3.21. The molecule has 0 aliphatic carbocycles. The van der Waals surface area contributed by atoms with Crippen molar-refractivity contribution in [1.29, 1.82) is 0 Å². The number of rotatable bonds is 5. The lowest BCUT2D eigenvalue weighted by Gasteiger charge is -2.26. The second-order valence-electron chi connectivity index (χ2n) is 7.71. The summed E-state index contributed by atoms with van der Waals surface area (Å²) in [5.74, 6) is -1.95. The van der Waals surface area contributed by atoms with E-state index in [4.69, 9.17) is 4.74 Å². The van der Waals surface area contributed by atoms with Gasteiger partial charge in [-0.2, -0.15) is 0 Å². The maximum Gasteiger partial charge on any atom is 0.338 e. The van der Waals surface area contributed by atoms with Crippen LogP contribution in [0.5, 0.6) is 0 Å². The number of nitrogens with zero attached hydrogens (tertiary/aromatic N) is 2. The number of fused-ring (bicyclic) bond motifs is 2. The fraction of sp³-hybridized carbons (Fsp3) is 0.250. The molecule has 0 N–H and O–H groups in total. The van der Waals surface area contributed by atoms with Gasteiger partial charge in [-0.15, -0.1) is 6.58 Å². The fourth-order valence-electron chi connectivity index (χ4n) is 4.09. The van der Waals surface area contributed by atoms with E-state index in [-0.39, 0.29) is 35.2 Å². The van der Waals surface area contributed by atoms with Crippen molar-refractivity contribution in [2.75, 3.05) is 11.4 Å². The second-order valence-corrected chi connectivity index (χ2v) is 7.71. The van der Waals surface area contributed by atoms with Gasteiger partial charge >= 0.3 is 5.97 Å². The first-order chi connectivity index (χ1) is 14.8. The molecular formula is C24H22N2O5. The van der Waals surface area contributed by atoms with Gasteiger partial charge in [-0.05, 0) is 50.1 Å². The van der Waals surface area contributed by atoms with Crippen LogP contribution in [0.2, 0.25) is 0 Å². The molecule has 158 valence electrons. The smallest absolute Gasteiger partial charge is 0.338 e. The molecular weight excluding hydrogens is 396 g/mol. The molecule has 0 unspecified atom stereocenters. The lowest BCUT2D eigenvalue weighted by molar-refractivity contribution is -0.126. The number of amides is 3. The van der Waals surface area contributed by atoms with Gasteiger partial charge in [-0.25, -0.2) is 4.79 Å². The third kappa shape index (κ3) is 3.42. The first kappa shape index (κ1) is 20.5. The van der Waals surface area contributed by atoms with Crippen molar-refractivity contribution in [3.05, 3.63) is 77.4 Å². The van der Waals surface area contributed by atoms with Crippen LogP contribution in [0.1, 0.15) is 50.5 Å². The number of hydrogen-bond acceptors (Lipinski definition) is 5. The highest BCUT2D eigenvalue weighted by molar-refractivity contribution is 6.22. The SMILES string of the molecule is C=CCN1C(=O)c2ccc(C(=O)O[C@H](C)C(=O)N3c4ccccc4C[C@@H]3C)cc2C1=O. The van der Waals surface area contributed by atoms with Crippen LogP contribution in [-0.2, 0) is 16.0 Å². The predicted molar refractivity (Wildman–Crippen MR) is 114 cm³/mol. The molecule has 2 aliphatic rings. The van der Waals surface area contributed by atoms with E-state index >= 15 is 0 Å². The number of para-hydroxylation sites is 1. The minimum Gasteiger partial charge on any atom is -0.449 e. The third-order valence-corrected chi connectivity index (χ3v) is 5.59. The minimum atomic E-state index is -1.01. The van der Waals surface area contributed by atoms with Crippen molar-refractivity contribution >= 4 is 29.4 Å². The molecule has 0 radical (unpaired) electrons. The van der Waals surface area contributed by atoms with Gasteiger partial charge in [0.1, 0.15) is 0 Å². The minimum absolute atomic E-state index is 0.0366. The summed E-state index contributed by atoms with van der Waals surface area (Å²) in [5, 5.41) is 0. The Morgan fingerprint density at radius 2 is 1.87 bits per heavy atom. The largest absolute Gasteiger partial charge is 0.449 e. The summed E-state index contributed by atoms with van der Waals surface area (Å²) in [4.78, 5) is 53.2. The molecule has 0 bridgehead atoms. The number of hydrogen-bond donors (Lipinski definition) is 0. The van der Waals surface area contributed by atoms with Crippen LogP contribution in [0.3, 0.4) is 0 Å². The van der Waals surface area contributed by atoms with Gasteiger partial charge in [0, 0.05) is 18.3 Å². The zero-order valence-corrected chi connectivity index (χ0v) is 17.3. The zero-order valence-electron chi connectivity index (χ0n) is 17.3. The van der Waals surface area contributed by atoms with Crippen LogP contribution < -0.4 is 4.90 Å². The third-order valence-electron chi connectivity index (χ3n) is 5.59. The Hall–Kier alpha value is -3.74. The number of carbonyl (C=O) groups excluding carboxylic acids is 4. The van der Waals surface area contributed by atoms with Gasteiger partial charge in [-0.1, -0.05) is 24.3 Å². The van der Waals surface area contributed by atoms with Gasteiger partial charge in [0.05, 0.1) is 16.7 Å². The Bertz CT molecular complexity index is 1120. The maximum absolute atomic E-state index is 13.0. The van der Waals surface area contributed by atoms with Crippen molar-refractivity contribution in [2.24, 2.45) is 0 Å². The Morgan fingerprint density at radius 3 is 2.61 bits per heavy atom. The summed E-state index contributed by atoms with van der Waals surface area (Å²) in [6.45, 7) is 7.12. The molecule has 3 amide bonds. The molecule has 0 saturated carbocycles. The van der Waals surface area contributed by atoms with Crippen LogP contribution in [0.25, 0.3) is 0 Å². The molecule has 2 atom stereocenters. The molecule has 2 aromatic carbocycles. The molecule has 0 saturated heterocycles. The Kier molecular flexibility index (Phi) is 5.19. The number of esters is 1. The van der Waals surface area contributed by atoms with Crippen LogP contribution >= 0.6 is 0 Å². The van der Waals surface area contributed by atoms with Crippen LogP contribution in [0, 0.1) is 0 Å². The summed E-state index contributed by atoms with van der Waals surface area (Å²) in [7, 11) is 0. The Morgan fingerprint density at radius 1 is 1.16 bits per heavy atom. The number of benzene rings is 2. The van der Waals surface area contributed by atoms with Gasteiger partial charge in [0.15, 0.2) is 6.10 Å². The second kappa shape index (κ2) is 7.83. The van der Waals surface area contributed by atoms with E-state index in [1.165, 1.54) is 31.2 Å². The maximum atomic E-state index is 13.0. The topological polar surface area (TPSA) is 84.0 Å².